The van der Waals surface area contributed by atoms with E-state index in [1.807, 2.05) is 0 Å². The predicted octanol–water partition coefficient (Wildman–Crippen LogP) is 4.97. The number of alkyl halides is 4. The molecule has 1 heterocycles. The molecule has 0 unspecified atom stereocenters. The Kier molecular flexibility index (Phi) is 4.47. The average molecular weight is 374 g/mol. The van der Waals surface area contributed by atoms with Crippen molar-refractivity contribution in [1.29, 1.82) is 0 Å². The third-order valence-corrected chi connectivity index (χ3v) is 3.69. The first-order chi connectivity index (χ1) is 11.8. The van der Waals surface area contributed by atoms with E-state index in [2.05, 4.69) is 10.3 Å². The molecule has 0 spiro atoms. The Morgan fingerprint density at radius 1 is 0.960 bits per heavy atom. The summed E-state index contributed by atoms with van der Waals surface area (Å²) in [5, 5.41) is 7.67. The minimum Gasteiger partial charge on any atom is -0.213 e. The monoisotopic (exact) mass is 373 g/mol. The number of nitrogens with zero attached hydrogens (tertiary/aromatic N) is 3. The third-order valence-electron chi connectivity index (χ3n) is 3.44. The van der Waals surface area contributed by atoms with Crippen molar-refractivity contribution in [2.24, 2.45) is 0 Å². The van der Waals surface area contributed by atoms with Crippen LogP contribution < -0.4 is 0 Å². The van der Waals surface area contributed by atoms with Gasteiger partial charge in [0.25, 0.3) is 0 Å². The van der Waals surface area contributed by atoms with Gasteiger partial charge in [-0.05, 0) is 36.4 Å². The second-order valence-electron chi connectivity index (χ2n) is 5.13. The second-order valence-corrected chi connectivity index (χ2v) is 5.40. The summed E-state index contributed by atoms with van der Waals surface area (Å²) in [5.74, 6) is -1.71. The molecule has 25 heavy (non-hydrogen) atoms. The highest BCUT2D eigenvalue weighted by atomic mass is 35.5. The molecule has 3 aromatic rings. The summed E-state index contributed by atoms with van der Waals surface area (Å²) in [4.78, 5) is 0. The molecule has 3 nitrogen and oxygen atoms in total. The van der Waals surface area contributed by atoms with E-state index < -0.39 is 23.4 Å². The number of hydrogen-bond donors (Lipinski definition) is 0. The van der Waals surface area contributed by atoms with Crippen LogP contribution >= 0.6 is 11.6 Å². The van der Waals surface area contributed by atoms with Gasteiger partial charge in [-0.15, -0.1) is 16.7 Å². The molecular formula is C16H9ClF5N3. The highest BCUT2D eigenvalue weighted by Crippen LogP contribution is 2.31. The fourth-order valence-electron chi connectivity index (χ4n) is 2.35. The summed E-state index contributed by atoms with van der Waals surface area (Å²) in [7, 11) is 0. The van der Waals surface area contributed by atoms with Crippen LogP contribution in [0.5, 0.6) is 0 Å². The first-order valence-electron chi connectivity index (χ1n) is 6.94. The van der Waals surface area contributed by atoms with E-state index >= 15 is 0 Å². The van der Waals surface area contributed by atoms with Crippen molar-refractivity contribution in [3.63, 3.8) is 0 Å². The Balaban J connectivity index is 2.13. The molecule has 0 fully saturated rings. The van der Waals surface area contributed by atoms with E-state index in [9.17, 15) is 22.0 Å². The zero-order valence-electron chi connectivity index (χ0n) is 12.4. The fourth-order valence-corrected chi connectivity index (χ4v) is 2.53. The van der Waals surface area contributed by atoms with E-state index in [1.54, 1.807) is 0 Å². The summed E-state index contributed by atoms with van der Waals surface area (Å²) in [6.45, 7) is 0. The zero-order chi connectivity index (χ0) is 18.2. The van der Waals surface area contributed by atoms with Crippen LogP contribution in [0.3, 0.4) is 0 Å². The molecule has 0 N–H and O–H groups in total. The molecule has 0 saturated carbocycles. The molecule has 130 valence electrons. The van der Waals surface area contributed by atoms with E-state index in [4.69, 9.17) is 11.6 Å². The van der Waals surface area contributed by atoms with Gasteiger partial charge in [-0.2, -0.15) is 13.2 Å². The lowest BCUT2D eigenvalue weighted by atomic mass is 10.1. The van der Waals surface area contributed by atoms with Crippen LogP contribution in [0.4, 0.5) is 22.0 Å². The molecule has 2 aromatic carbocycles. The molecule has 3 rings (SSSR count). The van der Waals surface area contributed by atoms with Crippen molar-refractivity contribution in [2.75, 3.05) is 0 Å². The average Bonchev–Trinajstić information content (AvgIpc) is 2.97. The van der Waals surface area contributed by atoms with Crippen LogP contribution in [0.15, 0.2) is 42.5 Å². The lowest BCUT2D eigenvalue weighted by Crippen LogP contribution is -2.06. The van der Waals surface area contributed by atoms with Crippen LogP contribution in [0.25, 0.3) is 16.9 Å². The number of halogens is 6. The van der Waals surface area contributed by atoms with Crippen molar-refractivity contribution < 1.29 is 22.0 Å². The van der Waals surface area contributed by atoms with Crippen LogP contribution in [0.1, 0.15) is 11.3 Å². The van der Waals surface area contributed by atoms with Crippen LogP contribution in [0, 0.1) is 11.6 Å². The summed E-state index contributed by atoms with van der Waals surface area (Å²) in [6.07, 6.45) is -4.48. The van der Waals surface area contributed by atoms with Crippen molar-refractivity contribution in [2.45, 2.75) is 12.1 Å². The van der Waals surface area contributed by atoms with Gasteiger partial charge in [-0.1, -0.05) is 5.21 Å². The maximum absolute atomic E-state index is 13.5. The SMILES string of the molecule is Fc1cc(F)cc(-c2c(CCl)nnn2-c2ccc(C(F)(F)F)cc2)c1. The zero-order valence-corrected chi connectivity index (χ0v) is 13.1. The summed E-state index contributed by atoms with van der Waals surface area (Å²) >= 11 is 5.80. The van der Waals surface area contributed by atoms with Gasteiger partial charge in [-0.25, -0.2) is 13.5 Å². The largest absolute Gasteiger partial charge is 0.416 e. The number of hydrogen-bond acceptors (Lipinski definition) is 2. The van der Waals surface area contributed by atoms with Crippen LogP contribution in [-0.2, 0) is 12.1 Å². The number of benzene rings is 2. The minimum absolute atomic E-state index is 0.0892. The fraction of sp³-hybridized carbons (Fsp3) is 0.125. The Morgan fingerprint density at radius 2 is 1.56 bits per heavy atom. The second kappa shape index (κ2) is 6.44. The highest BCUT2D eigenvalue weighted by molar-refractivity contribution is 6.17. The van der Waals surface area contributed by atoms with Gasteiger partial charge < -0.3 is 0 Å². The van der Waals surface area contributed by atoms with Gasteiger partial charge in [0.15, 0.2) is 0 Å². The molecule has 1 aromatic heterocycles. The number of aromatic nitrogens is 3. The Labute approximate surface area is 143 Å². The first kappa shape index (κ1) is 17.3. The van der Waals surface area contributed by atoms with Gasteiger partial charge >= 0.3 is 6.18 Å². The smallest absolute Gasteiger partial charge is 0.213 e. The Morgan fingerprint density at radius 3 is 2.08 bits per heavy atom. The molecule has 9 heteroatoms. The van der Waals surface area contributed by atoms with Crippen molar-refractivity contribution in [3.8, 4) is 16.9 Å². The maximum Gasteiger partial charge on any atom is 0.416 e. The predicted molar refractivity (Wildman–Crippen MR) is 81.3 cm³/mol. The van der Waals surface area contributed by atoms with E-state index in [0.29, 0.717) is 6.07 Å². The molecule has 0 aliphatic carbocycles. The van der Waals surface area contributed by atoms with Crippen LogP contribution in [-0.4, -0.2) is 15.0 Å². The molecule has 0 saturated heterocycles. The Hall–Kier alpha value is -2.48. The molecule has 0 aliphatic heterocycles. The standard InChI is InChI=1S/C16H9ClF5N3/c17-8-14-15(9-5-11(18)7-12(19)6-9)25(24-23-14)13-3-1-10(2-4-13)16(20,21)22/h1-7H,8H2. The minimum atomic E-state index is -4.48. The maximum atomic E-state index is 13.5. The summed E-state index contributed by atoms with van der Waals surface area (Å²) < 4.78 is 66.3. The quantitative estimate of drug-likeness (QED) is 0.479. The first-order valence-corrected chi connectivity index (χ1v) is 7.47. The van der Waals surface area contributed by atoms with E-state index in [1.165, 1.54) is 16.8 Å². The molecule has 0 radical (unpaired) electrons. The van der Waals surface area contributed by atoms with Crippen LogP contribution in [0.2, 0.25) is 0 Å². The normalized spacial score (nSPS) is 11.8. The lowest BCUT2D eigenvalue weighted by molar-refractivity contribution is -0.137. The molecular weight excluding hydrogens is 365 g/mol. The highest BCUT2D eigenvalue weighted by Gasteiger charge is 2.30. The topological polar surface area (TPSA) is 30.7 Å². The van der Waals surface area contributed by atoms with Crippen molar-refractivity contribution in [1.82, 2.24) is 15.0 Å². The Bertz CT molecular complexity index is 883. The van der Waals surface area contributed by atoms with Gasteiger partial charge in [0.05, 0.1) is 22.8 Å². The number of rotatable bonds is 3. The van der Waals surface area contributed by atoms with Crippen molar-refractivity contribution in [3.05, 3.63) is 65.4 Å². The van der Waals surface area contributed by atoms with E-state index in [-0.39, 0.29) is 28.5 Å². The van der Waals surface area contributed by atoms with Crippen molar-refractivity contribution >= 4 is 11.6 Å². The van der Waals surface area contributed by atoms with Gasteiger partial charge in [0.2, 0.25) is 0 Å². The lowest BCUT2D eigenvalue weighted by Gasteiger charge is -2.10. The van der Waals surface area contributed by atoms with E-state index in [0.717, 1.165) is 24.3 Å². The third kappa shape index (κ3) is 3.48. The summed E-state index contributed by atoms with van der Waals surface area (Å²) in [6, 6.07) is 6.98. The summed E-state index contributed by atoms with van der Waals surface area (Å²) in [5.41, 5.74) is -0.0124. The molecule has 0 aliphatic rings. The molecule has 0 amide bonds. The molecule has 0 atom stereocenters. The van der Waals surface area contributed by atoms with Gasteiger partial charge in [0, 0.05) is 11.6 Å². The van der Waals surface area contributed by atoms with Gasteiger partial charge in [0.1, 0.15) is 17.3 Å². The molecule has 0 bridgehead atoms. The van der Waals surface area contributed by atoms with Gasteiger partial charge in [-0.3, -0.25) is 0 Å².